The Kier molecular flexibility index (Phi) is 3.25. The molecule has 2 aromatic carbocycles. The van der Waals surface area contributed by atoms with Crippen molar-refractivity contribution in [2.24, 2.45) is 0 Å². The van der Waals surface area contributed by atoms with Crippen LogP contribution in [-0.4, -0.2) is 12.6 Å². The summed E-state index contributed by atoms with van der Waals surface area (Å²) >= 11 is 3.46. The minimum absolute atomic E-state index is 0.0766. The van der Waals surface area contributed by atoms with Gasteiger partial charge in [-0.05, 0) is 42.3 Å². The van der Waals surface area contributed by atoms with Gasteiger partial charge < -0.3 is 5.32 Å². The fourth-order valence-corrected chi connectivity index (χ4v) is 2.70. The van der Waals surface area contributed by atoms with Crippen LogP contribution < -0.4 is 10.2 Å². The van der Waals surface area contributed by atoms with E-state index in [2.05, 4.69) is 27.3 Å². The van der Waals surface area contributed by atoms with Gasteiger partial charge in [0, 0.05) is 22.4 Å². The molecule has 0 atom stereocenters. The Hall–Kier alpha value is -1.81. The fraction of sp³-hybridized carbons (Fsp3) is 0.133. The molecule has 0 bridgehead atoms. The molecule has 96 valence electrons. The largest absolute Gasteiger partial charge is 0.326 e. The third-order valence-electron chi connectivity index (χ3n) is 3.21. The Labute approximate surface area is 120 Å². The van der Waals surface area contributed by atoms with Crippen molar-refractivity contribution in [1.29, 1.82) is 0 Å². The van der Waals surface area contributed by atoms with Crippen LogP contribution in [0.25, 0.3) is 0 Å². The molecule has 0 radical (unpaired) electrons. The molecule has 4 heteroatoms. The number of nitrogens with zero attached hydrogens (tertiary/aromatic N) is 1. The molecular weight excluding hydrogens is 304 g/mol. The first-order valence-electron chi connectivity index (χ1n) is 6.16. The molecule has 2 aromatic rings. The molecule has 1 N–H and O–H groups in total. The zero-order valence-electron chi connectivity index (χ0n) is 10.3. The van der Waals surface area contributed by atoms with E-state index in [0.29, 0.717) is 0 Å². The van der Waals surface area contributed by atoms with E-state index in [1.54, 1.807) is 4.90 Å². The van der Waals surface area contributed by atoms with Gasteiger partial charge in [-0.2, -0.15) is 0 Å². The highest BCUT2D eigenvalue weighted by atomic mass is 79.9. The Balaban J connectivity index is 1.80. The maximum absolute atomic E-state index is 12.3. The summed E-state index contributed by atoms with van der Waals surface area (Å²) in [5.41, 5.74) is 3.02. The van der Waals surface area contributed by atoms with E-state index in [4.69, 9.17) is 0 Å². The van der Waals surface area contributed by atoms with Gasteiger partial charge in [-0.3, -0.25) is 4.90 Å². The number of anilines is 2. The van der Waals surface area contributed by atoms with Gasteiger partial charge in [0.25, 0.3) is 0 Å². The summed E-state index contributed by atoms with van der Waals surface area (Å²) in [5, 5.41) is 2.91. The molecule has 0 spiro atoms. The minimum atomic E-state index is -0.0766. The number of rotatable bonds is 1. The third kappa shape index (κ3) is 2.49. The summed E-state index contributed by atoms with van der Waals surface area (Å²) in [6.45, 7) is 0.727. The van der Waals surface area contributed by atoms with Crippen molar-refractivity contribution in [2.45, 2.75) is 6.42 Å². The van der Waals surface area contributed by atoms with Crippen molar-refractivity contribution in [3.05, 3.63) is 58.6 Å². The molecule has 0 aromatic heterocycles. The minimum Gasteiger partial charge on any atom is -0.308 e. The molecule has 0 aliphatic carbocycles. The van der Waals surface area contributed by atoms with Gasteiger partial charge in [0.05, 0.1) is 0 Å². The second-order valence-corrected chi connectivity index (χ2v) is 5.39. The van der Waals surface area contributed by atoms with E-state index >= 15 is 0 Å². The first-order chi connectivity index (χ1) is 9.24. The lowest BCUT2D eigenvalue weighted by Crippen LogP contribution is -2.33. The van der Waals surface area contributed by atoms with E-state index in [-0.39, 0.29) is 6.03 Å². The average molecular weight is 317 g/mol. The van der Waals surface area contributed by atoms with Crippen molar-refractivity contribution in [3.63, 3.8) is 0 Å². The van der Waals surface area contributed by atoms with Crippen LogP contribution >= 0.6 is 15.9 Å². The number of hydrogen-bond acceptors (Lipinski definition) is 1. The van der Waals surface area contributed by atoms with E-state index in [1.807, 2.05) is 42.5 Å². The van der Waals surface area contributed by atoms with Gasteiger partial charge in [-0.15, -0.1) is 0 Å². The van der Waals surface area contributed by atoms with Gasteiger partial charge in [0.15, 0.2) is 0 Å². The SMILES string of the molecule is O=C(Nc1ccccc1)N1CCc2cc(Br)ccc21. The highest BCUT2D eigenvalue weighted by Crippen LogP contribution is 2.30. The number of carbonyl (C=O) groups is 1. The van der Waals surface area contributed by atoms with Crippen LogP contribution in [0.2, 0.25) is 0 Å². The fourth-order valence-electron chi connectivity index (χ4n) is 2.29. The number of halogens is 1. The van der Waals surface area contributed by atoms with Crippen LogP contribution in [-0.2, 0) is 6.42 Å². The van der Waals surface area contributed by atoms with Crippen LogP contribution in [0.1, 0.15) is 5.56 Å². The van der Waals surface area contributed by atoms with Gasteiger partial charge >= 0.3 is 6.03 Å². The number of benzene rings is 2. The molecule has 0 unspecified atom stereocenters. The number of carbonyl (C=O) groups excluding carboxylic acids is 1. The van der Waals surface area contributed by atoms with Gasteiger partial charge in [0.2, 0.25) is 0 Å². The molecule has 0 saturated carbocycles. The summed E-state index contributed by atoms with van der Waals surface area (Å²) < 4.78 is 1.05. The van der Waals surface area contributed by atoms with Crippen molar-refractivity contribution in [2.75, 3.05) is 16.8 Å². The Morgan fingerprint density at radius 3 is 2.74 bits per heavy atom. The first kappa shape index (κ1) is 12.2. The standard InChI is InChI=1S/C15H13BrN2O/c16-12-6-7-14-11(10-12)8-9-18(14)15(19)17-13-4-2-1-3-5-13/h1-7,10H,8-9H2,(H,17,19). The number of amides is 2. The highest BCUT2D eigenvalue weighted by molar-refractivity contribution is 9.10. The average Bonchev–Trinajstić information content (AvgIpc) is 2.82. The summed E-state index contributed by atoms with van der Waals surface area (Å²) in [6, 6.07) is 15.5. The number of para-hydroxylation sites is 1. The summed E-state index contributed by atoms with van der Waals surface area (Å²) in [6.07, 6.45) is 0.900. The van der Waals surface area contributed by atoms with Crippen LogP contribution in [0.4, 0.5) is 16.2 Å². The third-order valence-corrected chi connectivity index (χ3v) is 3.70. The molecule has 19 heavy (non-hydrogen) atoms. The number of urea groups is 1. The Morgan fingerprint density at radius 1 is 1.16 bits per heavy atom. The molecule has 0 saturated heterocycles. The molecular formula is C15H13BrN2O. The van der Waals surface area contributed by atoms with Crippen LogP contribution in [0.3, 0.4) is 0 Å². The Bertz CT molecular complexity index is 613. The molecule has 3 rings (SSSR count). The van der Waals surface area contributed by atoms with Crippen molar-refractivity contribution < 1.29 is 4.79 Å². The van der Waals surface area contributed by atoms with Crippen molar-refractivity contribution >= 4 is 33.3 Å². The van der Waals surface area contributed by atoms with Gasteiger partial charge in [-0.25, -0.2) is 4.79 Å². The topological polar surface area (TPSA) is 32.3 Å². The van der Waals surface area contributed by atoms with Crippen LogP contribution in [0.5, 0.6) is 0 Å². The molecule has 0 fully saturated rings. The maximum Gasteiger partial charge on any atom is 0.326 e. The van der Waals surface area contributed by atoms with Crippen molar-refractivity contribution in [3.8, 4) is 0 Å². The van der Waals surface area contributed by atoms with Crippen LogP contribution in [0, 0.1) is 0 Å². The second-order valence-electron chi connectivity index (χ2n) is 4.47. The van der Waals surface area contributed by atoms with E-state index < -0.39 is 0 Å². The van der Waals surface area contributed by atoms with Crippen LogP contribution in [0.15, 0.2) is 53.0 Å². The Morgan fingerprint density at radius 2 is 1.95 bits per heavy atom. The highest BCUT2D eigenvalue weighted by Gasteiger charge is 2.24. The molecule has 2 amide bonds. The normalized spacial score (nSPS) is 13.2. The predicted octanol–water partition coefficient (Wildman–Crippen LogP) is 4.04. The summed E-state index contributed by atoms with van der Waals surface area (Å²) in [5.74, 6) is 0. The van der Waals surface area contributed by atoms with Gasteiger partial charge in [-0.1, -0.05) is 34.1 Å². The number of fused-ring (bicyclic) bond motifs is 1. The summed E-state index contributed by atoms with van der Waals surface area (Å²) in [7, 11) is 0. The predicted molar refractivity (Wildman–Crippen MR) is 80.7 cm³/mol. The quantitative estimate of drug-likeness (QED) is 0.846. The van der Waals surface area contributed by atoms with E-state index in [1.165, 1.54) is 5.56 Å². The van der Waals surface area contributed by atoms with E-state index in [9.17, 15) is 4.79 Å². The van der Waals surface area contributed by atoms with Crippen molar-refractivity contribution in [1.82, 2.24) is 0 Å². The summed E-state index contributed by atoms with van der Waals surface area (Å²) in [4.78, 5) is 14.1. The maximum atomic E-state index is 12.3. The van der Waals surface area contributed by atoms with E-state index in [0.717, 1.165) is 28.8 Å². The second kappa shape index (κ2) is 5.05. The van der Waals surface area contributed by atoms with Gasteiger partial charge in [0.1, 0.15) is 0 Å². The lowest BCUT2D eigenvalue weighted by Gasteiger charge is -2.18. The number of hydrogen-bond donors (Lipinski definition) is 1. The molecule has 1 aliphatic heterocycles. The number of nitrogens with one attached hydrogen (secondary N) is 1. The molecule has 1 heterocycles. The lowest BCUT2D eigenvalue weighted by molar-refractivity contribution is 0.257. The monoisotopic (exact) mass is 316 g/mol. The zero-order valence-corrected chi connectivity index (χ0v) is 11.9. The first-order valence-corrected chi connectivity index (χ1v) is 6.95. The molecule has 3 nitrogen and oxygen atoms in total. The molecule has 1 aliphatic rings. The smallest absolute Gasteiger partial charge is 0.308 e. The lowest BCUT2D eigenvalue weighted by atomic mass is 10.2. The zero-order chi connectivity index (χ0) is 13.2.